The van der Waals surface area contributed by atoms with Crippen molar-refractivity contribution in [3.63, 3.8) is 0 Å². The van der Waals surface area contributed by atoms with E-state index in [0.717, 1.165) is 22.0 Å². The summed E-state index contributed by atoms with van der Waals surface area (Å²) in [6.07, 6.45) is 1.78. The number of pyridine rings is 1. The highest BCUT2D eigenvalue weighted by Gasteiger charge is 2.11. The summed E-state index contributed by atoms with van der Waals surface area (Å²) in [5.41, 5.74) is 2.92. The molecule has 0 aliphatic rings. The molecule has 2 heterocycles. The number of thiazole rings is 1. The van der Waals surface area contributed by atoms with E-state index in [-0.39, 0.29) is 6.04 Å². The fourth-order valence-corrected chi connectivity index (χ4v) is 3.58. The smallest absolute Gasteiger partial charge is 0.142 e. The molecule has 0 saturated heterocycles. The number of nitrogens with zero attached hydrogens (tertiary/aromatic N) is 2. The normalized spacial score (nSPS) is 12.3. The molecule has 3 nitrogen and oxygen atoms in total. The van der Waals surface area contributed by atoms with Gasteiger partial charge in [0.25, 0.3) is 0 Å². The molecule has 1 N–H and O–H groups in total. The van der Waals surface area contributed by atoms with Crippen LogP contribution in [0.5, 0.6) is 0 Å². The fraction of sp³-hybridized carbons (Fsp3) is 0.176. The predicted molar refractivity (Wildman–Crippen MR) is 97.1 cm³/mol. The van der Waals surface area contributed by atoms with E-state index in [2.05, 4.69) is 22.2 Å². The Morgan fingerprint density at radius 1 is 1.22 bits per heavy atom. The van der Waals surface area contributed by atoms with Crippen LogP contribution in [-0.2, 0) is 6.54 Å². The van der Waals surface area contributed by atoms with Crippen molar-refractivity contribution in [2.75, 3.05) is 0 Å². The van der Waals surface area contributed by atoms with Crippen LogP contribution in [-0.4, -0.2) is 9.97 Å². The van der Waals surface area contributed by atoms with Gasteiger partial charge in [-0.2, -0.15) is 0 Å². The molecule has 1 aromatic carbocycles. The van der Waals surface area contributed by atoms with E-state index in [0.29, 0.717) is 16.6 Å². The summed E-state index contributed by atoms with van der Waals surface area (Å²) in [5.74, 6) is 0. The van der Waals surface area contributed by atoms with Gasteiger partial charge in [-0.1, -0.05) is 35.3 Å². The SMILES string of the molecule is C[C@@H](NCc1csc(-c2ccccn2)n1)c1ccc(Cl)cc1Cl. The Bertz CT molecular complexity index is 790. The quantitative estimate of drug-likeness (QED) is 0.662. The fourth-order valence-electron chi connectivity index (χ4n) is 2.22. The van der Waals surface area contributed by atoms with Crippen molar-refractivity contribution in [3.05, 3.63) is 69.3 Å². The molecule has 118 valence electrons. The van der Waals surface area contributed by atoms with E-state index >= 15 is 0 Å². The maximum atomic E-state index is 6.24. The zero-order valence-corrected chi connectivity index (χ0v) is 14.8. The summed E-state index contributed by atoms with van der Waals surface area (Å²) in [5, 5.41) is 7.73. The van der Waals surface area contributed by atoms with Crippen LogP contribution >= 0.6 is 34.5 Å². The second-order valence-electron chi connectivity index (χ2n) is 5.13. The summed E-state index contributed by atoms with van der Waals surface area (Å²) < 4.78 is 0. The highest BCUT2D eigenvalue weighted by molar-refractivity contribution is 7.13. The average Bonchev–Trinajstić information content (AvgIpc) is 3.02. The molecule has 0 unspecified atom stereocenters. The molecule has 0 fully saturated rings. The first-order chi connectivity index (χ1) is 11.1. The molecule has 23 heavy (non-hydrogen) atoms. The first kappa shape index (κ1) is 16.4. The van der Waals surface area contributed by atoms with Crippen molar-refractivity contribution in [2.24, 2.45) is 0 Å². The van der Waals surface area contributed by atoms with Crippen LogP contribution in [0.3, 0.4) is 0 Å². The van der Waals surface area contributed by atoms with Gasteiger partial charge in [0.1, 0.15) is 5.01 Å². The minimum Gasteiger partial charge on any atom is -0.304 e. The largest absolute Gasteiger partial charge is 0.304 e. The van der Waals surface area contributed by atoms with Gasteiger partial charge in [-0.3, -0.25) is 4.98 Å². The minimum absolute atomic E-state index is 0.111. The van der Waals surface area contributed by atoms with Gasteiger partial charge in [0.05, 0.1) is 11.4 Å². The van der Waals surface area contributed by atoms with E-state index in [1.165, 1.54) is 0 Å². The Morgan fingerprint density at radius 2 is 2.09 bits per heavy atom. The lowest BCUT2D eigenvalue weighted by Crippen LogP contribution is -2.18. The Hall–Kier alpha value is -1.46. The molecule has 1 atom stereocenters. The van der Waals surface area contributed by atoms with E-state index in [4.69, 9.17) is 23.2 Å². The predicted octanol–water partition coefficient (Wildman–Crippen LogP) is 5.36. The molecule has 0 amide bonds. The van der Waals surface area contributed by atoms with Crippen LogP contribution < -0.4 is 5.32 Å². The molecule has 0 aliphatic heterocycles. The third-order valence-corrected chi connectivity index (χ3v) is 4.93. The molecule has 0 radical (unpaired) electrons. The van der Waals surface area contributed by atoms with E-state index < -0.39 is 0 Å². The molecular formula is C17H15Cl2N3S. The summed E-state index contributed by atoms with van der Waals surface area (Å²) in [6, 6.07) is 11.5. The van der Waals surface area contributed by atoms with Gasteiger partial charge in [0, 0.05) is 34.2 Å². The summed E-state index contributed by atoms with van der Waals surface area (Å²) in [4.78, 5) is 8.94. The number of aromatic nitrogens is 2. The lowest BCUT2D eigenvalue weighted by molar-refractivity contribution is 0.569. The molecule has 0 bridgehead atoms. The molecule has 3 aromatic rings. The number of hydrogen-bond donors (Lipinski definition) is 1. The number of nitrogens with one attached hydrogen (secondary N) is 1. The first-order valence-corrected chi connectivity index (χ1v) is 8.81. The second kappa shape index (κ2) is 7.41. The van der Waals surface area contributed by atoms with Gasteiger partial charge >= 0.3 is 0 Å². The van der Waals surface area contributed by atoms with Gasteiger partial charge in [-0.15, -0.1) is 11.3 Å². The van der Waals surface area contributed by atoms with Gasteiger partial charge in [0.15, 0.2) is 0 Å². The molecule has 0 saturated carbocycles. The zero-order valence-electron chi connectivity index (χ0n) is 12.5. The van der Waals surface area contributed by atoms with Crippen LogP contribution in [0.2, 0.25) is 10.0 Å². The van der Waals surface area contributed by atoms with Crippen molar-refractivity contribution in [1.82, 2.24) is 15.3 Å². The van der Waals surface area contributed by atoms with Crippen LogP contribution in [0.25, 0.3) is 10.7 Å². The maximum Gasteiger partial charge on any atom is 0.142 e. The van der Waals surface area contributed by atoms with Crippen LogP contribution in [0, 0.1) is 0 Å². The monoisotopic (exact) mass is 363 g/mol. The summed E-state index contributed by atoms with van der Waals surface area (Å²) in [7, 11) is 0. The molecule has 0 spiro atoms. The minimum atomic E-state index is 0.111. The lowest BCUT2D eigenvalue weighted by Gasteiger charge is -2.15. The summed E-state index contributed by atoms with van der Waals surface area (Å²) in [6.45, 7) is 2.74. The number of rotatable bonds is 5. The second-order valence-corrected chi connectivity index (χ2v) is 6.83. The Balaban J connectivity index is 1.65. The van der Waals surface area contributed by atoms with Crippen LogP contribution in [0.1, 0.15) is 24.2 Å². The zero-order chi connectivity index (χ0) is 16.2. The average molecular weight is 364 g/mol. The van der Waals surface area contributed by atoms with Crippen LogP contribution in [0.15, 0.2) is 48.0 Å². The maximum absolute atomic E-state index is 6.24. The van der Waals surface area contributed by atoms with Gasteiger partial charge < -0.3 is 5.32 Å². The Kier molecular flexibility index (Phi) is 5.28. The van der Waals surface area contributed by atoms with Crippen molar-refractivity contribution in [1.29, 1.82) is 0 Å². The lowest BCUT2D eigenvalue weighted by atomic mass is 10.1. The number of halogens is 2. The molecule has 3 rings (SSSR count). The van der Waals surface area contributed by atoms with Crippen molar-refractivity contribution in [2.45, 2.75) is 19.5 Å². The molecule has 0 aliphatic carbocycles. The van der Waals surface area contributed by atoms with E-state index in [1.807, 2.05) is 35.7 Å². The number of benzene rings is 1. The molecule has 2 aromatic heterocycles. The highest BCUT2D eigenvalue weighted by Crippen LogP contribution is 2.27. The third kappa shape index (κ3) is 4.09. The first-order valence-electron chi connectivity index (χ1n) is 7.17. The van der Waals surface area contributed by atoms with Gasteiger partial charge in [0.2, 0.25) is 0 Å². The van der Waals surface area contributed by atoms with Gasteiger partial charge in [-0.05, 0) is 36.8 Å². The molecular weight excluding hydrogens is 349 g/mol. The van der Waals surface area contributed by atoms with Gasteiger partial charge in [-0.25, -0.2) is 4.98 Å². The van der Waals surface area contributed by atoms with Crippen molar-refractivity contribution < 1.29 is 0 Å². The third-order valence-electron chi connectivity index (χ3n) is 3.45. The van der Waals surface area contributed by atoms with Crippen molar-refractivity contribution >= 4 is 34.5 Å². The Labute approximate surface area is 149 Å². The molecule has 6 heteroatoms. The van der Waals surface area contributed by atoms with Crippen molar-refractivity contribution in [3.8, 4) is 10.7 Å². The van der Waals surface area contributed by atoms with E-state index in [1.54, 1.807) is 23.6 Å². The topological polar surface area (TPSA) is 37.8 Å². The standard InChI is InChI=1S/C17H15Cl2N3S/c1-11(14-6-5-12(18)8-15(14)19)21-9-13-10-23-17(22-13)16-4-2-3-7-20-16/h2-8,10-11,21H,9H2,1H3/t11-/m1/s1. The number of hydrogen-bond acceptors (Lipinski definition) is 4. The van der Waals surface area contributed by atoms with E-state index in [9.17, 15) is 0 Å². The van der Waals surface area contributed by atoms with Crippen LogP contribution in [0.4, 0.5) is 0 Å². The Morgan fingerprint density at radius 3 is 2.83 bits per heavy atom. The summed E-state index contributed by atoms with van der Waals surface area (Å²) >= 11 is 13.8. The highest BCUT2D eigenvalue weighted by atomic mass is 35.5.